The molecule has 1 amide bonds. The Morgan fingerprint density at radius 2 is 2.19 bits per heavy atom. The normalized spacial score (nSPS) is 10.4. The average molecular weight is 287 g/mol. The fourth-order valence-electron chi connectivity index (χ4n) is 2.01. The molecule has 2 N–H and O–H groups in total. The van der Waals surface area contributed by atoms with Gasteiger partial charge in [-0.25, -0.2) is 0 Å². The van der Waals surface area contributed by atoms with Crippen LogP contribution in [-0.2, 0) is 13.5 Å². The number of aromatic nitrogens is 3. The highest BCUT2D eigenvalue weighted by Crippen LogP contribution is 2.13. The maximum Gasteiger partial charge on any atom is 0.253 e. The van der Waals surface area contributed by atoms with Crippen LogP contribution in [0, 0.1) is 0 Å². The molecule has 0 bridgehead atoms. The van der Waals surface area contributed by atoms with E-state index < -0.39 is 0 Å². The Morgan fingerprint density at radius 1 is 1.33 bits per heavy atom. The summed E-state index contributed by atoms with van der Waals surface area (Å²) in [5.41, 5.74) is 2.51. The smallest absolute Gasteiger partial charge is 0.253 e. The molecule has 6 heteroatoms. The molecule has 0 aliphatic rings. The fraction of sp³-hybridized carbons (Fsp3) is 0.400. The number of aryl methyl sites for hydroxylation is 1. The van der Waals surface area contributed by atoms with E-state index in [0.717, 1.165) is 30.6 Å². The molecule has 2 aromatic heterocycles. The summed E-state index contributed by atoms with van der Waals surface area (Å²) in [5, 5.41) is 10.3. The summed E-state index contributed by atoms with van der Waals surface area (Å²) in [6.45, 7) is 3.48. The Kier molecular flexibility index (Phi) is 5.31. The number of anilines is 1. The summed E-state index contributed by atoms with van der Waals surface area (Å²) in [6, 6.07) is 1.73. The van der Waals surface area contributed by atoms with Gasteiger partial charge in [0, 0.05) is 32.5 Å². The van der Waals surface area contributed by atoms with Gasteiger partial charge in [-0.15, -0.1) is 0 Å². The van der Waals surface area contributed by atoms with Crippen molar-refractivity contribution in [1.29, 1.82) is 0 Å². The molecule has 0 spiro atoms. The third-order valence-electron chi connectivity index (χ3n) is 3.09. The van der Waals surface area contributed by atoms with Gasteiger partial charge in [0.15, 0.2) is 0 Å². The quantitative estimate of drug-likeness (QED) is 0.811. The first-order chi connectivity index (χ1) is 10.2. The van der Waals surface area contributed by atoms with Crippen molar-refractivity contribution in [2.24, 2.45) is 7.05 Å². The van der Waals surface area contributed by atoms with E-state index in [2.05, 4.69) is 27.6 Å². The predicted octanol–water partition coefficient (Wildman–Crippen LogP) is 1.61. The van der Waals surface area contributed by atoms with Crippen molar-refractivity contribution < 1.29 is 4.79 Å². The molecular weight excluding hydrogens is 266 g/mol. The van der Waals surface area contributed by atoms with Crippen LogP contribution in [-0.4, -0.2) is 33.8 Å². The van der Waals surface area contributed by atoms with Gasteiger partial charge in [0.25, 0.3) is 5.91 Å². The first-order valence-electron chi connectivity index (χ1n) is 7.14. The lowest BCUT2D eigenvalue weighted by Crippen LogP contribution is -2.26. The number of rotatable bonds is 7. The molecule has 6 nitrogen and oxygen atoms in total. The Balaban J connectivity index is 1.90. The fourth-order valence-corrected chi connectivity index (χ4v) is 2.01. The van der Waals surface area contributed by atoms with Gasteiger partial charge in [0.05, 0.1) is 23.6 Å². The second-order valence-electron chi connectivity index (χ2n) is 4.88. The van der Waals surface area contributed by atoms with Crippen molar-refractivity contribution in [3.05, 3.63) is 42.0 Å². The van der Waals surface area contributed by atoms with Gasteiger partial charge in [-0.2, -0.15) is 5.10 Å². The van der Waals surface area contributed by atoms with E-state index in [4.69, 9.17) is 0 Å². The molecule has 0 saturated carbocycles. The van der Waals surface area contributed by atoms with Crippen LogP contribution in [0.2, 0.25) is 0 Å². The lowest BCUT2D eigenvalue weighted by Gasteiger charge is -2.10. The van der Waals surface area contributed by atoms with Gasteiger partial charge in [0.1, 0.15) is 0 Å². The van der Waals surface area contributed by atoms with Crippen molar-refractivity contribution >= 4 is 11.6 Å². The summed E-state index contributed by atoms with van der Waals surface area (Å²) in [7, 11) is 1.88. The minimum absolute atomic E-state index is 0.0834. The number of hydrogen-bond donors (Lipinski definition) is 2. The minimum atomic E-state index is -0.0834. The summed E-state index contributed by atoms with van der Waals surface area (Å²) in [4.78, 5) is 16.3. The van der Waals surface area contributed by atoms with Crippen LogP contribution in [0.15, 0.2) is 30.9 Å². The monoisotopic (exact) mass is 287 g/mol. The molecule has 2 rings (SSSR count). The number of amides is 1. The third-order valence-corrected chi connectivity index (χ3v) is 3.09. The lowest BCUT2D eigenvalue weighted by molar-refractivity contribution is 0.0955. The van der Waals surface area contributed by atoms with Gasteiger partial charge in [-0.3, -0.25) is 14.5 Å². The van der Waals surface area contributed by atoms with Crippen molar-refractivity contribution in [3.63, 3.8) is 0 Å². The summed E-state index contributed by atoms with van der Waals surface area (Å²) in [6.07, 6.45) is 8.85. The largest absolute Gasteiger partial charge is 0.383 e. The van der Waals surface area contributed by atoms with E-state index in [9.17, 15) is 4.79 Å². The van der Waals surface area contributed by atoms with Crippen LogP contribution in [0.5, 0.6) is 0 Å². The van der Waals surface area contributed by atoms with E-state index in [1.54, 1.807) is 23.1 Å². The molecule has 0 fully saturated rings. The van der Waals surface area contributed by atoms with Crippen LogP contribution < -0.4 is 10.6 Å². The molecular formula is C15H21N5O. The highest BCUT2D eigenvalue weighted by molar-refractivity contribution is 5.99. The van der Waals surface area contributed by atoms with Gasteiger partial charge < -0.3 is 10.6 Å². The van der Waals surface area contributed by atoms with E-state index in [1.807, 2.05) is 19.4 Å². The third kappa shape index (κ3) is 4.30. The Labute approximate surface area is 124 Å². The first kappa shape index (κ1) is 15.0. The van der Waals surface area contributed by atoms with Gasteiger partial charge in [-0.05, 0) is 24.5 Å². The van der Waals surface area contributed by atoms with Gasteiger partial charge in [0.2, 0.25) is 0 Å². The molecule has 0 unspecified atom stereocenters. The molecule has 0 atom stereocenters. The zero-order chi connectivity index (χ0) is 15.1. The first-order valence-corrected chi connectivity index (χ1v) is 7.14. The predicted molar refractivity (Wildman–Crippen MR) is 82.3 cm³/mol. The maximum atomic E-state index is 12.2. The molecule has 0 aliphatic carbocycles. The highest BCUT2D eigenvalue weighted by Gasteiger charge is 2.10. The Morgan fingerprint density at radius 3 is 2.90 bits per heavy atom. The van der Waals surface area contributed by atoms with Crippen molar-refractivity contribution in [3.8, 4) is 0 Å². The minimum Gasteiger partial charge on any atom is -0.383 e. The van der Waals surface area contributed by atoms with Crippen molar-refractivity contribution in [2.75, 3.05) is 18.4 Å². The van der Waals surface area contributed by atoms with Crippen LogP contribution >= 0.6 is 0 Å². The zero-order valence-electron chi connectivity index (χ0n) is 12.5. The van der Waals surface area contributed by atoms with Crippen LogP contribution in [0.4, 0.5) is 5.69 Å². The molecule has 0 radical (unpaired) electrons. The number of pyridine rings is 1. The second kappa shape index (κ2) is 7.42. The summed E-state index contributed by atoms with van der Waals surface area (Å²) >= 11 is 0. The van der Waals surface area contributed by atoms with E-state index in [-0.39, 0.29) is 5.91 Å². The number of nitrogens with zero attached hydrogens (tertiary/aromatic N) is 3. The average Bonchev–Trinajstić information content (AvgIpc) is 2.91. The summed E-state index contributed by atoms with van der Waals surface area (Å²) in [5.74, 6) is -0.0834. The maximum absolute atomic E-state index is 12.2. The SMILES string of the molecule is CCCNc1cnccc1C(=O)NCCc1cnn(C)c1. The molecule has 112 valence electrons. The summed E-state index contributed by atoms with van der Waals surface area (Å²) < 4.78 is 1.76. The highest BCUT2D eigenvalue weighted by atomic mass is 16.1. The van der Waals surface area contributed by atoms with Gasteiger partial charge in [-0.1, -0.05) is 6.92 Å². The molecule has 2 aromatic rings. The van der Waals surface area contributed by atoms with Crippen LogP contribution in [0.3, 0.4) is 0 Å². The number of carbonyl (C=O) groups is 1. The standard InChI is InChI=1S/C15H21N5O/c1-3-6-17-14-10-16-7-5-13(14)15(21)18-8-4-12-9-19-20(2)11-12/h5,7,9-11,17H,3-4,6,8H2,1-2H3,(H,18,21). The molecule has 0 aliphatic heterocycles. The zero-order valence-corrected chi connectivity index (χ0v) is 12.5. The Bertz CT molecular complexity index is 593. The Hall–Kier alpha value is -2.37. The van der Waals surface area contributed by atoms with E-state index in [0.29, 0.717) is 12.1 Å². The van der Waals surface area contributed by atoms with Gasteiger partial charge >= 0.3 is 0 Å². The number of nitrogens with one attached hydrogen (secondary N) is 2. The molecule has 2 heterocycles. The van der Waals surface area contributed by atoms with Crippen LogP contribution in [0.1, 0.15) is 29.3 Å². The number of carbonyl (C=O) groups excluding carboxylic acids is 1. The number of hydrogen-bond acceptors (Lipinski definition) is 4. The van der Waals surface area contributed by atoms with Crippen LogP contribution in [0.25, 0.3) is 0 Å². The van der Waals surface area contributed by atoms with E-state index >= 15 is 0 Å². The second-order valence-corrected chi connectivity index (χ2v) is 4.88. The molecule has 0 aromatic carbocycles. The van der Waals surface area contributed by atoms with Crippen molar-refractivity contribution in [2.45, 2.75) is 19.8 Å². The van der Waals surface area contributed by atoms with Crippen molar-refractivity contribution in [1.82, 2.24) is 20.1 Å². The molecule has 21 heavy (non-hydrogen) atoms. The molecule has 0 saturated heterocycles. The van der Waals surface area contributed by atoms with E-state index in [1.165, 1.54) is 0 Å². The topological polar surface area (TPSA) is 71.8 Å². The lowest BCUT2D eigenvalue weighted by atomic mass is 10.2.